The van der Waals surface area contributed by atoms with Crippen LogP contribution in [0.5, 0.6) is 0 Å². The Hall–Kier alpha value is -3.26. The molecule has 0 aromatic heterocycles. The van der Waals surface area contributed by atoms with Crippen LogP contribution in [0.3, 0.4) is 0 Å². The van der Waals surface area contributed by atoms with Gasteiger partial charge in [0, 0.05) is 17.7 Å². The predicted molar refractivity (Wildman–Crippen MR) is 176 cm³/mol. The van der Waals surface area contributed by atoms with Gasteiger partial charge in [0.25, 0.3) is 11.8 Å². The lowest BCUT2D eigenvalue weighted by atomic mass is 9.67. The van der Waals surface area contributed by atoms with E-state index >= 15 is 0 Å². The number of aliphatic imine (C=N–C) groups is 1. The minimum absolute atomic E-state index is 0.00906. The Labute approximate surface area is 271 Å². The first-order chi connectivity index (χ1) is 21.1. The topological polar surface area (TPSA) is 99.1 Å². The molecule has 1 saturated carbocycles. The zero-order valence-electron chi connectivity index (χ0n) is 27.4. The van der Waals surface area contributed by atoms with Gasteiger partial charge in [0.05, 0.1) is 17.5 Å². The zero-order valence-corrected chi connectivity index (χ0v) is 28.1. The van der Waals surface area contributed by atoms with Crippen LogP contribution in [0.2, 0.25) is 5.02 Å². The molecule has 1 unspecified atom stereocenters. The molecular weight excluding hydrogens is 593 g/mol. The summed E-state index contributed by atoms with van der Waals surface area (Å²) in [5.74, 6) is -1.56. The van der Waals surface area contributed by atoms with Crippen molar-refractivity contribution in [2.24, 2.45) is 21.7 Å². The maximum absolute atomic E-state index is 14.5. The number of carboxylic acid groups (broad SMARTS) is 1. The lowest BCUT2D eigenvalue weighted by Crippen LogP contribution is -2.51. The molecule has 2 aromatic carbocycles. The standard InChI is InChI=1S/C36H47ClFN3O4/c1-7-35(5,6)26-14-19-36(20-15-26)40-31(25-12-13-28(38)27(37)22-25)33(45)41(36)29(16-18-34(2,3)4)23-8-10-24(11-9-23)32(44)39-21-17-30(42)43/h8-13,22,26,29H,7,14-21H2,1-6H3,(H,39,44)(H,42,43). The maximum atomic E-state index is 14.5. The summed E-state index contributed by atoms with van der Waals surface area (Å²) in [6.07, 6.45) is 5.77. The van der Waals surface area contributed by atoms with Gasteiger partial charge in [0.1, 0.15) is 17.2 Å². The Kier molecular flexibility index (Phi) is 10.5. The number of carbonyl (C=O) groups excluding carboxylic acids is 2. The Morgan fingerprint density at radius 3 is 2.31 bits per heavy atom. The second-order valence-corrected chi connectivity index (χ2v) is 14.9. The minimum Gasteiger partial charge on any atom is -0.481 e. The van der Waals surface area contributed by atoms with E-state index in [4.69, 9.17) is 21.7 Å². The van der Waals surface area contributed by atoms with Crippen LogP contribution >= 0.6 is 11.6 Å². The van der Waals surface area contributed by atoms with Crippen LogP contribution in [0.1, 0.15) is 120 Å². The smallest absolute Gasteiger partial charge is 0.305 e. The van der Waals surface area contributed by atoms with Crippen molar-refractivity contribution in [1.29, 1.82) is 0 Å². The predicted octanol–water partition coefficient (Wildman–Crippen LogP) is 8.21. The Morgan fingerprint density at radius 1 is 1.11 bits per heavy atom. The molecule has 0 saturated heterocycles. The SMILES string of the molecule is CCC(C)(C)C1CCC2(CC1)N=C(c1ccc(F)c(Cl)c1)C(=O)N2C(CCC(C)(C)C)c1ccc(C(=O)NCCC(=O)O)cc1. The third kappa shape index (κ3) is 7.94. The van der Waals surface area contributed by atoms with Gasteiger partial charge in [-0.2, -0.15) is 0 Å². The summed E-state index contributed by atoms with van der Waals surface area (Å²) in [4.78, 5) is 45.3. The summed E-state index contributed by atoms with van der Waals surface area (Å²) in [6, 6.07) is 11.3. The highest BCUT2D eigenvalue weighted by atomic mass is 35.5. The molecule has 7 nitrogen and oxygen atoms in total. The summed E-state index contributed by atoms with van der Waals surface area (Å²) < 4.78 is 14.1. The van der Waals surface area contributed by atoms with Crippen LogP contribution in [0, 0.1) is 22.6 Å². The molecule has 1 aliphatic heterocycles. The van der Waals surface area contributed by atoms with E-state index in [0.717, 1.165) is 44.1 Å². The number of amides is 2. The number of benzene rings is 2. The summed E-state index contributed by atoms with van der Waals surface area (Å²) >= 11 is 6.17. The van der Waals surface area contributed by atoms with E-state index in [9.17, 15) is 18.8 Å². The molecule has 4 rings (SSSR count). The van der Waals surface area contributed by atoms with E-state index in [1.54, 1.807) is 18.2 Å². The molecule has 2 aliphatic rings. The van der Waals surface area contributed by atoms with Gasteiger partial charge in [0.2, 0.25) is 0 Å². The van der Waals surface area contributed by atoms with Crippen molar-refractivity contribution < 1.29 is 23.9 Å². The quantitative estimate of drug-likeness (QED) is 0.259. The molecule has 0 radical (unpaired) electrons. The van der Waals surface area contributed by atoms with Gasteiger partial charge < -0.3 is 15.3 Å². The zero-order chi connectivity index (χ0) is 33.2. The van der Waals surface area contributed by atoms with Crippen molar-refractivity contribution in [3.8, 4) is 0 Å². The Morgan fingerprint density at radius 2 is 1.76 bits per heavy atom. The largest absolute Gasteiger partial charge is 0.481 e. The van der Waals surface area contributed by atoms with Crippen molar-refractivity contribution in [3.63, 3.8) is 0 Å². The number of nitrogens with zero attached hydrogens (tertiary/aromatic N) is 2. The summed E-state index contributed by atoms with van der Waals surface area (Å²) in [6.45, 7) is 13.4. The molecule has 9 heteroatoms. The van der Waals surface area contributed by atoms with Gasteiger partial charge in [-0.1, -0.05) is 71.7 Å². The van der Waals surface area contributed by atoms with E-state index in [0.29, 0.717) is 29.2 Å². The minimum atomic E-state index is -0.978. The number of hydrogen-bond donors (Lipinski definition) is 2. The van der Waals surface area contributed by atoms with E-state index in [-0.39, 0.29) is 46.7 Å². The molecule has 45 heavy (non-hydrogen) atoms. The number of hydrogen-bond acceptors (Lipinski definition) is 4. The van der Waals surface area contributed by atoms with Crippen molar-refractivity contribution in [2.75, 3.05) is 6.54 Å². The van der Waals surface area contributed by atoms with E-state index in [2.05, 4.69) is 46.9 Å². The van der Waals surface area contributed by atoms with E-state index in [1.807, 2.05) is 17.0 Å². The summed E-state index contributed by atoms with van der Waals surface area (Å²) in [5, 5.41) is 11.5. The second-order valence-electron chi connectivity index (χ2n) is 14.5. The first-order valence-corrected chi connectivity index (χ1v) is 16.4. The van der Waals surface area contributed by atoms with Gasteiger partial charge in [-0.25, -0.2) is 4.39 Å². The fraction of sp³-hybridized carbons (Fsp3) is 0.556. The van der Waals surface area contributed by atoms with Gasteiger partial charge in [0.15, 0.2) is 0 Å². The molecule has 2 N–H and O–H groups in total. The Balaban J connectivity index is 1.74. The molecule has 244 valence electrons. The van der Waals surface area contributed by atoms with Crippen LogP contribution < -0.4 is 5.32 Å². The van der Waals surface area contributed by atoms with Crippen LogP contribution in [-0.2, 0) is 9.59 Å². The van der Waals surface area contributed by atoms with E-state index < -0.39 is 17.4 Å². The number of carboxylic acids is 1. The maximum Gasteiger partial charge on any atom is 0.305 e. The third-order valence-corrected chi connectivity index (χ3v) is 10.1. The van der Waals surface area contributed by atoms with Crippen molar-refractivity contribution >= 4 is 35.1 Å². The number of aliphatic carboxylic acids is 1. The highest BCUT2D eigenvalue weighted by Gasteiger charge is 2.53. The molecule has 1 aliphatic carbocycles. The number of nitrogens with one attached hydrogen (secondary N) is 1. The summed E-state index contributed by atoms with van der Waals surface area (Å²) in [5.41, 5.74) is 1.57. The van der Waals surface area contributed by atoms with Gasteiger partial charge in [-0.3, -0.25) is 19.4 Å². The van der Waals surface area contributed by atoms with Gasteiger partial charge >= 0.3 is 5.97 Å². The fourth-order valence-electron chi connectivity index (χ4n) is 6.64. The normalized spacial score (nSPS) is 21.2. The third-order valence-electron chi connectivity index (χ3n) is 9.85. The van der Waals surface area contributed by atoms with Crippen molar-refractivity contribution in [2.45, 2.75) is 105 Å². The van der Waals surface area contributed by atoms with Crippen LogP contribution in [0.15, 0.2) is 47.5 Å². The van der Waals surface area contributed by atoms with Crippen molar-refractivity contribution in [3.05, 3.63) is 70.0 Å². The lowest BCUT2D eigenvalue weighted by molar-refractivity contribution is -0.137. The fourth-order valence-corrected chi connectivity index (χ4v) is 6.82. The van der Waals surface area contributed by atoms with Gasteiger partial charge in [-0.05, 0) is 91.2 Å². The molecule has 1 heterocycles. The lowest BCUT2D eigenvalue weighted by Gasteiger charge is -2.48. The number of rotatable bonds is 11. The molecule has 1 spiro atoms. The molecule has 0 bridgehead atoms. The first-order valence-electron chi connectivity index (χ1n) is 16.1. The highest BCUT2D eigenvalue weighted by molar-refractivity contribution is 6.47. The van der Waals surface area contributed by atoms with E-state index in [1.165, 1.54) is 12.1 Å². The number of carbonyl (C=O) groups is 3. The highest BCUT2D eigenvalue weighted by Crippen LogP contribution is 2.51. The molecule has 1 fully saturated rings. The monoisotopic (exact) mass is 639 g/mol. The van der Waals surface area contributed by atoms with Gasteiger partial charge in [-0.15, -0.1) is 0 Å². The molecular formula is C36H47ClFN3O4. The molecule has 2 amide bonds. The van der Waals surface area contributed by atoms with Crippen LogP contribution in [-0.4, -0.2) is 45.7 Å². The van der Waals surface area contributed by atoms with Crippen LogP contribution in [0.25, 0.3) is 0 Å². The Bertz CT molecular complexity index is 1440. The molecule has 2 aromatic rings. The molecule has 1 atom stereocenters. The van der Waals surface area contributed by atoms with Crippen molar-refractivity contribution in [1.82, 2.24) is 10.2 Å². The average molecular weight is 640 g/mol. The number of halogens is 2. The average Bonchev–Trinajstić information content (AvgIpc) is 3.25. The van der Waals surface area contributed by atoms with Crippen LogP contribution in [0.4, 0.5) is 4.39 Å². The first kappa shape index (κ1) is 34.6. The second kappa shape index (κ2) is 13.6. The summed E-state index contributed by atoms with van der Waals surface area (Å²) in [7, 11) is 0.